The van der Waals surface area contributed by atoms with Gasteiger partial charge in [-0.05, 0) is 33.4 Å². The smallest absolute Gasteiger partial charge is 0.117 e. The number of hydrogen-bond donors (Lipinski definition) is 1. The van der Waals surface area contributed by atoms with Gasteiger partial charge in [0, 0.05) is 19.6 Å². The van der Waals surface area contributed by atoms with Crippen molar-refractivity contribution < 1.29 is 4.74 Å². The van der Waals surface area contributed by atoms with Crippen LogP contribution in [-0.4, -0.2) is 37.9 Å². The topological polar surface area (TPSA) is 38.5 Å². The van der Waals surface area contributed by atoms with Gasteiger partial charge in [-0.25, -0.2) is 0 Å². The Bertz CT molecular complexity index is 162. The molecular formula is C13H30N2O. The van der Waals surface area contributed by atoms with Crippen LogP contribution in [0.1, 0.15) is 52.4 Å². The average molecular weight is 230 g/mol. The molecule has 0 saturated carbocycles. The fourth-order valence-electron chi connectivity index (χ4n) is 1.58. The molecule has 0 amide bonds. The van der Waals surface area contributed by atoms with Gasteiger partial charge in [0.25, 0.3) is 0 Å². The van der Waals surface area contributed by atoms with E-state index in [0.29, 0.717) is 0 Å². The summed E-state index contributed by atoms with van der Waals surface area (Å²) in [4.78, 5) is 2.16. The summed E-state index contributed by atoms with van der Waals surface area (Å²) < 4.78 is 5.87. The third-order valence-electron chi connectivity index (χ3n) is 2.82. The monoisotopic (exact) mass is 230 g/mol. The Morgan fingerprint density at radius 1 is 1.06 bits per heavy atom. The summed E-state index contributed by atoms with van der Waals surface area (Å²) in [6, 6.07) is 0. The molecule has 1 unspecified atom stereocenters. The molecule has 2 N–H and O–H groups in total. The van der Waals surface area contributed by atoms with E-state index in [9.17, 15) is 0 Å². The zero-order valence-corrected chi connectivity index (χ0v) is 11.6. The lowest BCUT2D eigenvalue weighted by Crippen LogP contribution is -2.45. The van der Waals surface area contributed by atoms with Crippen LogP contribution in [0.25, 0.3) is 0 Å². The van der Waals surface area contributed by atoms with E-state index in [2.05, 4.69) is 32.8 Å². The van der Waals surface area contributed by atoms with Gasteiger partial charge in [-0.3, -0.25) is 0 Å². The molecule has 3 nitrogen and oxygen atoms in total. The maximum Gasteiger partial charge on any atom is 0.117 e. The Labute approximate surface area is 101 Å². The van der Waals surface area contributed by atoms with Gasteiger partial charge in [0.05, 0.1) is 0 Å². The van der Waals surface area contributed by atoms with E-state index in [1.807, 2.05) is 0 Å². The van der Waals surface area contributed by atoms with Crippen molar-refractivity contribution >= 4 is 0 Å². The summed E-state index contributed by atoms with van der Waals surface area (Å²) >= 11 is 0. The number of nitrogens with zero attached hydrogens (tertiary/aromatic N) is 1. The van der Waals surface area contributed by atoms with E-state index >= 15 is 0 Å². The van der Waals surface area contributed by atoms with Gasteiger partial charge in [-0.1, -0.05) is 26.7 Å². The maximum atomic E-state index is 6.32. The lowest BCUT2D eigenvalue weighted by molar-refractivity contribution is -0.0587. The SMILES string of the molecule is CCCCOC(N)(CCCC)CCN(C)C. The minimum absolute atomic E-state index is 0.407. The van der Waals surface area contributed by atoms with Crippen molar-refractivity contribution in [3.05, 3.63) is 0 Å². The second-order valence-electron chi connectivity index (χ2n) is 4.92. The minimum atomic E-state index is -0.407. The molecule has 0 fully saturated rings. The first kappa shape index (κ1) is 15.9. The summed E-state index contributed by atoms with van der Waals surface area (Å²) in [5, 5.41) is 0. The van der Waals surface area contributed by atoms with Crippen LogP contribution < -0.4 is 5.73 Å². The van der Waals surface area contributed by atoms with Crippen LogP contribution in [0.2, 0.25) is 0 Å². The van der Waals surface area contributed by atoms with Crippen LogP contribution >= 0.6 is 0 Å². The van der Waals surface area contributed by atoms with Crippen molar-refractivity contribution in [1.82, 2.24) is 4.90 Å². The molecule has 98 valence electrons. The first-order valence-electron chi connectivity index (χ1n) is 6.61. The van der Waals surface area contributed by atoms with E-state index < -0.39 is 5.72 Å². The van der Waals surface area contributed by atoms with Gasteiger partial charge in [-0.15, -0.1) is 0 Å². The lowest BCUT2D eigenvalue weighted by Gasteiger charge is -2.31. The van der Waals surface area contributed by atoms with Gasteiger partial charge in [0.2, 0.25) is 0 Å². The van der Waals surface area contributed by atoms with Crippen LogP contribution in [0.3, 0.4) is 0 Å². The van der Waals surface area contributed by atoms with Crippen LogP contribution in [0.15, 0.2) is 0 Å². The van der Waals surface area contributed by atoms with Crippen LogP contribution in [-0.2, 0) is 4.74 Å². The molecule has 0 aliphatic heterocycles. The second kappa shape index (κ2) is 8.97. The van der Waals surface area contributed by atoms with Gasteiger partial charge < -0.3 is 15.4 Å². The van der Waals surface area contributed by atoms with E-state index in [1.165, 1.54) is 6.42 Å². The van der Waals surface area contributed by atoms with Crippen molar-refractivity contribution in [2.45, 2.75) is 58.1 Å². The predicted octanol–water partition coefficient (Wildman–Crippen LogP) is 2.60. The highest BCUT2D eigenvalue weighted by atomic mass is 16.5. The molecule has 0 aromatic rings. The first-order valence-corrected chi connectivity index (χ1v) is 6.61. The van der Waals surface area contributed by atoms with Crippen molar-refractivity contribution in [3.8, 4) is 0 Å². The van der Waals surface area contributed by atoms with Gasteiger partial charge in [0.15, 0.2) is 0 Å². The standard InChI is InChI=1S/C13H30N2O/c1-5-7-9-13(14,10-11-15(3)4)16-12-8-6-2/h5-12,14H2,1-4H3. The highest BCUT2D eigenvalue weighted by Gasteiger charge is 2.24. The number of ether oxygens (including phenoxy) is 1. The molecule has 0 aliphatic carbocycles. The fraction of sp³-hybridized carbons (Fsp3) is 1.00. The summed E-state index contributed by atoms with van der Waals surface area (Å²) in [5.74, 6) is 0. The summed E-state index contributed by atoms with van der Waals surface area (Å²) in [6.45, 7) is 6.16. The molecule has 0 bridgehead atoms. The number of nitrogens with two attached hydrogens (primary N) is 1. The number of rotatable bonds is 10. The zero-order chi connectivity index (χ0) is 12.4. The molecule has 0 rings (SSSR count). The van der Waals surface area contributed by atoms with Crippen molar-refractivity contribution in [2.24, 2.45) is 5.73 Å². The molecule has 1 atom stereocenters. The third kappa shape index (κ3) is 8.08. The summed E-state index contributed by atoms with van der Waals surface area (Å²) in [7, 11) is 4.15. The van der Waals surface area contributed by atoms with Crippen molar-refractivity contribution in [1.29, 1.82) is 0 Å². The summed E-state index contributed by atoms with van der Waals surface area (Å²) in [6.07, 6.45) is 6.49. The third-order valence-corrected chi connectivity index (χ3v) is 2.82. The molecule has 0 spiro atoms. The zero-order valence-electron chi connectivity index (χ0n) is 11.6. The van der Waals surface area contributed by atoms with E-state index in [1.54, 1.807) is 0 Å². The highest BCUT2D eigenvalue weighted by Crippen LogP contribution is 2.18. The molecule has 0 aliphatic rings. The second-order valence-corrected chi connectivity index (χ2v) is 4.92. The Morgan fingerprint density at radius 3 is 2.19 bits per heavy atom. The lowest BCUT2D eigenvalue weighted by atomic mass is 10.0. The van der Waals surface area contributed by atoms with E-state index in [-0.39, 0.29) is 0 Å². The average Bonchev–Trinajstić information content (AvgIpc) is 2.24. The largest absolute Gasteiger partial charge is 0.361 e. The number of unbranched alkanes of at least 4 members (excludes halogenated alkanes) is 2. The molecule has 0 aromatic heterocycles. The predicted molar refractivity (Wildman–Crippen MR) is 70.5 cm³/mol. The minimum Gasteiger partial charge on any atom is -0.361 e. The Morgan fingerprint density at radius 2 is 1.69 bits per heavy atom. The Balaban J connectivity index is 4.01. The van der Waals surface area contributed by atoms with Crippen LogP contribution in [0, 0.1) is 0 Å². The van der Waals surface area contributed by atoms with Crippen molar-refractivity contribution in [3.63, 3.8) is 0 Å². The Kier molecular flexibility index (Phi) is 8.90. The Hall–Kier alpha value is -0.120. The molecule has 0 heterocycles. The number of hydrogen-bond acceptors (Lipinski definition) is 3. The van der Waals surface area contributed by atoms with Gasteiger partial charge in [-0.2, -0.15) is 0 Å². The molecule has 0 radical (unpaired) electrons. The van der Waals surface area contributed by atoms with Crippen LogP contribution in [0.4, 0.5) is 0 Å². The van der Waals surface area contributed by atoms with Gasteiger partial charge >= 0.3 is 0 Å². The van der Waals surface area contributed by atoms with Crippen LogP contribution in [0.5, 0.6) is 0 Å². The molecule has 3 heteroatoms. The van der Waals surface area contributed by atoms with Gasteiger partial charge in [0.1, 0.15) is 5.72 Å². The maximum absolute atomic E-state index is 6.32. The normalized spacial score (nSPS) is 15.4. The quantitative estimate of drug-likeness (QED) is 0.463. The first-order chi connectivity index (χ1) is 7.54. The van der Waals surface area contributed by atoms with E-state index in [4.69, 9.17) is 10.5 Å². The molecule has 0 saturated heterocycles. The van der Waals surface area contributed by atoms with Crippen molar-refractivity contribution in [2.75, 3.05) is 27.2 Å². The fourth-order valence-corrected chi connectivity index (χ4v) is 1.58. The highest BCUT2D eigenvalue weighted by molar-refractivity contribution is 4.74. The van der Waals surface area contributed by atoms with E-state index in [0.717, 1.165) is 45.3 Å². The summed E-state index contributed by atoms with van der Waals surface area (Å²) in [5.41, 5.74) is 5.92. The molecule has 0 aromatic carbocycles. The molecule has 16 heavy (non-hydrogen) atoms. The molecular weight excluding hydrogens is 200 g/mol.